The van der Waals surface area contributed by atoms with Gasteiger partial charge in [0.2, 0.25) is 0 Å². The molecule has 0 saturated carbocycles. The van der Waals surface area contributed by atoms with Crippen LogP contribution in [0.1, 0.15) is 13.3 Å². The lowest BCUT2D eigenvalue weighted by Crippen LogP contribution is -2.34. The SMILES string of the molecule is CC1(O)CC(N)=C(C(F)(F)F)C=C1O. The number of aliphatic hydroxyl groups is 2. The van der Waals surface area contributed by atoms with Crippen LogP contribution in [0.4, 0.5) is 13.2 Å². The maximum absolute atomic E-state index is 12.2. The minimum Gasteiger partial charge on any atom is -0.509 e. The monoisotopic (exact) mass is 209 g/mol. The summed E-state index contributed by atoms with van der Waals surface area (Å²) in [5, 5.41) is 18.5. The maximum atomic E-state index is 12.2. The molecule has 0 fully saturated rings. The van der Waals surface area contributed by atoms with Crippen LogP contribution in [0.2, 0.25) is 0 Å². The predicted octanol–water partition coefficient (Wildman–Crippen LogP) is 1.36. The van der Waals surface area contributed by atoms with Crippen LogP contribution in [-0.2, 0) is 0 Å². The van der Waals surface area contributed by atoms with E-state index in [1.165, 1.54) is 6.92 Å². The van der Waals surface area contributed by atoms with E-state index in [4.69, 9.17) is 10.8 Å². The molecule has 1 rings (SSSR count). The number of aliphatic hydroxyl groups excluding tert-OH is 1. The summed E-state index contributed by atoms with van der Waals surface area (Å²) in [4.78, 5) is 0. The molecule has 3 nitrogen and oxygen atoms in total. The summed E-state index contributed by atoms with van der Waals surface area (Å²) >= 11 is 0. The van der Waals surface area contributed by atoms with Crippen molar-refractivity contribution in [3.63, 3.8) is 0 Å². The van der Waals surface area contributed by atoms with Gasteiger partial charge in [-0.05, 0) is 13.0 Å². The topological polar surface area (TPSA) is 66.5 Å². The summed E-state index contributed by atoms with van der Waals surface area (Å²) in [7, 11) is 0. The minimum atomic E-state index is -4.60. The van der Waals surface area contributed by atoms with Crippen molar-refractivity contribution < 1.29 is 23.4 Å². The van der Waals surface area contributed by atoms with Crippen molar-refractivity contribution in [2.75, 3.05) is 0 Å². The average molecular weight is 209 g/mol. The number of halogens is 3. The lowest BCUT2D eigenvalue weighted by Gasteiger charge is -2.28. The first-order valence-electron chi connectivity index (χ1n) is 3.84. The minimum absolute atomic E-state index is 0.426. The lowest BCUT2D eigenvalue weighted by molar-refractivity contribution is -0.0912. The van der Waals surface area contributed by atoms with Crippen LogP contribution in [0.5, 0.6) is 0 Å². The van der Waals surface area contributed by atoms with Gasteiger partial charge in [0.1, 0.15) is 11.4 Å². The number of alkyl halides is 3. The van der Waals surface area contributed by atoms with Gasteiger partial charge in [-0.25, -0.2) is 0 Å². The second kappa shape index (κ2) is 2.91. The Morgan fingerprint density at radius 2 is 2.00 bits per heavy atom. The summed E-state index contributed by atoms with van der Waals surface area (Å²) in [6, 6.07) is 0. The Morgan fingerprint density at radius 3 is 2.43 bits per heavy atom. The van der Waals surface area contributed by atoms with E-state index < -0.39 is 35.2 Å². The maximum Gasteiger partial charge on any atom is 0.418 e. The first-order valence-corrected chi connectivity index (χ1v) is 3.84. The third kappa shape index (κ3) is 1.84. The molecule has 0 bridgehead atoms. The lowest BCUT2D eigenvalue weighted by atomic mass is 9.89. The molecule has 80 valence electrons. The molecular weight excluding hydrogens is 199 g/mol. The molecule has 1 unspecified atom stereocenters. The van der Waals surface area contributed by atoms with Crippen LogP contribution >= 0.6 is 0 Å². The highest BCUT2D eigenvalue weighted by atomic mass is 19.4. The quantitative estimate of drug-likeness (QED) is 0.564. The zero-order valence-electron chi connectivity index (χ0n) is 7.39. The third-order valence-electron chi connectivity index (χ3n) is 2.02. The molecule has 0 aromatic rings. The summed E-state index contributed by atoms with van der Waals surface area (Å²) in [6.07, 6.45) is -4.57. The van der Waals surface area contributed by atoms with E-state index >= 15 is 0 Å². The molecule has 0 spiro atoms. The molecular formula is C8H10F3NO2. The molecule has 0 aromatic carbocycles. The largest absolute Gasteiger partial charge is 0.509 e. The van der Waals surface area contributed by atoms with Crippen LogP contribution < -0.4 is 5.73 Å². The van der Waals surface area contributed by atoms with E-state index in [2.05, 4.69) is 0 Å². The summed E-state index contributed by atoms with van der Waals surface area (Å²) in [5.74, 6) is -0.723. The van der Waals surface area contributed by atoms with Gasteiger partial charge >= 0.3 is 6.18 Å². The van der Waals surface area contributed by atoms with E-state index in [9.17, 15) is 18.3 Å². The molecule has 6 heteroatoms. The number of hydrogen-bond donors (Lipinski definition) is 3. The molecule has 14 heavy (non-hydrogen) atoms. The highest BCUT2D eigenvalue weighted by Gasteiger charge is 2.41. The van der Waals surface area contributed by atoms with Crippen LogP contribution in [0.25, 0.3) is 0 Å². The first-order chi connectivity index (χ1) is 6.14. The van der Waals surface area contributed by atoms with Gasteiger partial charge in [0.05, 0.1) is 5.57 Å². The zero-order valence-corrected chi connectivity index (χ0v) is 7.39. The standard InChI is InChI=1S/C8H10F3NO2/c1-7(14)3-5(12)4(2-6(7)13)8(9,10)11/h2,13-14H,3,12H2,1H3. The van der Waals surface area contributed by atoms with Gasteiger partial charge < -0.3 is 15.9 Å². The second-order valence-corrected chi connectivity index (χ2v) is 3.42. The van der Waals surface area contributed by atoms with Gasteiger partial charge in [-0.3, -0.25) is 0 Å². The van der Waals surface area contributed by atoms with Crippen molar-refractivity contribution >= 4 is 0 Å². The Balaban J connectivity index is 3.14. The van der Waals surface area contributed by atoms with Crippen molar-refractivity contribution in [3.05, 3.63) is 23.1 Å². The Morgan fingerprint density at radius 1 is 1.50 bits per heavy atom. The van der Waals surface area contributed by atoms with Gasteiger partial charge in [0.15, 0.2) is 0 Å². The Kier molecular flexibility index (Phi) is 2.27. The number of hydrogen-bond acceptors (Lipinski definition) is 3. The second-order valence-electron chi connectivity index (χ2n) is 3.42. The zero-order chi connectivity index (χ0) is 11.1. The average Bonchev–Trinajstić information content (AvgIpc) is 1.93. The summed E-state index contributed by atoms with van der Waals surface area (Å²) < 4.78 is 36.7. The fourth-order valence-corrected chi connectivity index (χ4v) is 1.21. The smallest absolute Gasteiger partial charge is 0.418 e. The van der Waals surface area contributed by atoms with Crippen molar-refractivity contribution in [1.82, 2.24) is 0 Å². The Labute approximate surface area is 78.3 Å². The van der Waals surface area contributed by atoms with E-state index in [-0.39, 0.29) is 0 Å². The molecule has 1 aliphatic carbocycles. The number of allylic oxidation sites excluding steroid dienone is 2. The molecule has 0 saturated heterocycles. The van der Waals surface area contributed by atoms with Crippen LogP contribution in [0, 0.1) is 0 Å². The van der Waals surface area contributed by atoms with Gasteiger partial charge in [-0.15, -0.1) is 0 Å². The van der Waals surface area contributed by atoms with Gasteiger partial charge in [0.25, 0.3) is 0 Å². The Bertz CT molecular complexity index is 315. The summed E-state index contributed by atoms with van der Waals surface area (Å²) in [5.41, 5.74) is 1.87. The van der Waals surface area contributed by atoms with E-state index in [0.717, 1.165) is 0 Å². The van der Waals surface area contributed by atoms with Crippen LogP contribution in [0.3, 0.4) is 0 Å². The Hall–Kier alpha value is -1.17. The van der Waals surface area contributed by atoms with E-state index in [1.54, 1.807) is 0 Å². The van der Waals surface area contributed by atoms with E-state index in [0.29, 0.717) is 6.08 Å². The molecule has 1 aliphatic rings. The number of rotatable bonds is 0. The first kappa shape index (κ1) is 10.9. The highest BCUT2D eigenvalue weighted by molar-refractivity contribution is 5.37. The summed E-state index contributed by atoms with van der Waals surface area (Å²) in [6.45, 7) is 1.19. The molecule has 0 amide bonds. The van der Waals surface area contributed by atoms with E-state index in [1.807, 2.05) is 0 Å². The fourth-order valence-electron chi connectivity index (χ4n) is 1.21. The molecule has 0 heterocycles. The molecule has 0 radical (unpaired) electrons. The van der Waals surface area contributed by atoms with Gasteiger partial charge in [-0.2, -0.15) is 13.2 Å². The molecule has 4 N–H and O–H groups in total. The van der Waals surface area contributed by atoms with Crippen LogP contribution in [0.15, 0.2) is 23.1 Å². The van der Waals surface area contributed by atoms with Crippen molar-refractivity contribution in [2.45, 2.75) is 25.1 Å². The molecule has 0 aromatic heterocycles. The normalized spacial score (nSPS) is 29.1. The predicted molar refractivity (Wildman–Crippen MR) is 43.2 cm³/mol. The van der Waals surface area contributed by atoms with Crippen molar-refractivity contribution in [3.8, 4) is 0 Å². The molecule has 1 atom stereocenters. The van der Waals surface area contributed by atoms with Crippen LogP contribution in [-0.4, -0.2) is 22.0 Å². The van der Waals surface area contributed by atoms with Crippen molar-refractivity contribution in [2.24, 2.45) is 5.73 Å². The number of nitrogens with two attached hydrogens (primary N) is 1. The van der Waals surface area contributed by atoms with Gasteiger partial charge in [0, 0.05) is 12.1 Å². The highest BCUT2D eigenvalue weighted by Crippen LogP contribution is 2.36. The van der Waals surface area contributed by atoms with Gasteiger partial charge in [-0.1, -0.05) is 0 Å². The third-order valence-corrected chi connectivity index (χ3v) is 2.02. The fraction of sp³-hybridized carbons (Fsp3) is 0.500. The van der Waals surface area contributed by atoms with Crippen molar-refractivity contribution in [1.29, 1.82) is 0 Å². The molecule has 0 aliphatic heterocycles.